The number of anilines is 1. The molecule has 0 saturated carbocycles. The molecule has 0 radical (unpaired) electrons. The normalized spacial score (nSPS) is 10.7. The number of rotatable bonds is 6. The first kappa shape index (κ1) is 15.4. The molecule has 0 aromatic heterocycles. The van der Waals surface area contributed by atoms with Crippen molar-refractivity contribution in [3.63, 3.8) is 0 Å². The highest BCUT2D eigenvalue weighted by atomic mass is 35.5. The predicted octanol–water partition coefficient (Wildman–Crippen LogP) is 2.90. The van der Waals surface area contributed by atoms with Gasteiger partial charge in [0.15, 0.2) is 0 Å². The first-order valence-electron chi connectivity index (χ1n) is 5.64. The molecule has 0 aliphatic rings. The van der Waals surface area contributed by atoms with Crippen molar-refractivity contribution in [2.45, 2.75) is 6.42 Å². The molecule has 4 nitrogen and oxygen atoms in total. The van der Waals surface area contributed by atoms with Crippen LogP contribution in [0, 0.1) is 11.3 Å². The van der Waals surface area contributed by atoms with E-state index < -0.39 is 5.91 Å². The second-order valence-corrected chi connectivity index (χ2v) is 4.43. The summed E-state index contributed by atoms with van der Waals surface area (Å²) in [6.07, 6.45) is 2.02. The Hall–Kier alpha value is -1.70. The third-order valence-corrected chi connectivity index (χ3v) is 2.71. The number of amides is 1. The zero-order chi connectivity index (χ0) is 14.1. The van der Waals surface area contributed by atoms with E-state index in [1.165, 1.54) is 6.20 Å². The minimum absolute atomic E-state index is 0.00419. The molecule has 1 amide bonds. The topological polar surface area (TPSA) is 64.9 Å². The van der Waals surface area contributed by atoms with Crippen LogP contribution in [0.3, 0.4) is 0 Å². The van der Waals surface area contributed by atoms with Gasteiger partial charge in [-0.25, -0.2) is 0 Å². The van der Waals surface area contributed by atoms with Crippen LogP contribution in [0.4, 0.5) is 5.69 Å². The fourth-order valence-corrected chi connectivity index (χ4v) is 1.47. The quantitative estimate of drug-likeness (QED) is 0.367. The van der Waals surface area contributed by atoms with Gasteiger partial charge in [0.1, 0.15) is 11.6 Å². The number of carbonyl (C=O) groups excluding carboxylic acids is 1. The summed E-state index contributed by atoms with van der Waals surface area (Å²) in [6, 6.07) is 8.76. The second kappa shape index (κ2) is 8.41. The smallest absolute Gasteiger partial charge is 0.263 e. The average Bonchev–Trinajstić information content (AvgIpc) is 2.42. The van der Waals surface area contributed by atoms with Crippen molar-refractivity contribution in [3.05, 3.63) is 41.1 Å². The van der Waals surface area contributed by atoms with E-state index in [1.54, 1.807) is 24.3 Å². The summed E-state index contributed by atoms with van der Waals surface area (Å²) in [4.78, 5) is 11.6. The lowest BCUT2D eigenvalue weighted by molar-refractivity contribution is -0.117. The van der Waals surface area contributed by atoms with Crippen LogP contribution in [0.15, 0.2) is 36.0 Å². The number of hydrogen-bond acceptors (Lipinski definition) is 3. The van der Waals surface area contributed by atoms with Gasteiger partial charge in [-0.15, -0.1) is 11.6 Å². The number of nitrogens with one attached hydrogen (secondary N) is 2. The Balaban J connectivity index is 2.59. The van der Waals surface area contributed by atoms with Crippen LogP contribution in [-0.4, -0.2) is 18.3 Å². The second-order valence-electron chi connectivity index (χ2n) is 3.62. The lowest BCUT2D eigenvalue weighted by Crippen LogP contribution is -2.26. The maximum atomic E-state index is 11.6. The number of benzene rings is 1. The fourth-order valence-electron chi connectivity index (χ4n) is 1.21. The number of nitriles is 1. The molecule has 1 aromatic rings. The molecule has 0 aliphatic heterocycles. The van der Waals surface area contributed by atoms with Gasteiger partial charge in [-0.1, -0.05) is 11.6 Å². The van der Waals surface area contributed by atoms with E-state index in [1.807, 2.05) is 6.07 Å². The number of halogens is 2. The summed E-state index contributed by atoms with van der Waals surface area (Å²) < 4.78 is 0. The Bertz CT molecular complexity index is 492. The largest absolute Gasteiger partial charge is 0.360 e. The van der Waals surface area contributed by atoms with Gasteiger partial charge < -0.3 is 10.6 Å². The van der Waals surface area contributed by atoms with Crippen molar-refractivity contribution in [2.75, 3.05) is 17.7 Å². The Morgan fingerprint density at radius 3 is 2.63 bits per heavy atom. The van der Waals surface area contributed by atoms with E-state index in [9.17, 15) is 4.79 Å². The molecule has 0 bridgehead atoms. The molecule has 1 rings (SSSR count). The Kier molecular flexibility index (Phi) is 6.80. The van der Waals surface area contributed by atoms with Gasteiger partial charge in [0.2, 0.25) is 0 Å². The Labute approximate surface area is 122 Å². The van der Waals surface area contributed by atoms with E-state index in [0.717, 1.165) is 5.69 Å². The molecule has 100 valence electrons. The molecule has 0 saturated heterocycles. The van der Waals surface area contributed by atoms with Crippen LogP contribution in [0.25, 0.3) is 0 Å². The average molecular weight is 298 g/mol. The standard InChI is InChI=1S/C13H13Cl2N3O/c14-6-1-7-17-13(19)10(8-16)9-18-12-4-2-11(15)3-5-12/h2-5,9,18H,1,6-7H2,(H,17,19)/b10-9-. The van der Waals surface area contributed by atoms with E-state index >= 15 is 0 Å². The highest BCUT2D eigenvalue weighted by Crippen LogP contribution is 2.13. The van der Waals surface area contributed by atoms with Gasteiger partial charge in [0.25, 0.3) is 5.91 Å². The van der Waals surface area contributed by atoms with Crippen LogP contribution in [0.2, 0.25) is 5.02 Å². The highest BCUT2D eigenvalue weighted by Gasteiger charge is 2.07. The number of hydrogen-bond donors (Lipinski definition) is 2. The molecule has 6 heteroatoms. The summed E-state index contributed by atoms with van der Waals surface area (Å²) in [6.45, 7) is 0.447. The molecule has 19 heavy (non-hydrogen) atoms. The maximum absolute atomic E-state index is 11.6. The lowest BCUT2D eigenvalue weighted by atomic mass is 10.2. The number of alkyl halides is 1. The van der Waals surface area contributed by atoms with Crippen LogP contribution in [0.1, 0.15) is 6.42 Å². The van der Waals surface area contributed by atoms with Gasteiger partial charge in [-0.05, 0) is 30.7 Å². The number of nitrogens with zero attached hydrogens (tertiary/aromatic N) is 1. The number of carbonyl (C=O) groups is 1. The molecular formula is C13H13Cl2N3O. The van der Waals surface area contributed by atoms with E-state index in [0.29, 0.717) is 23.9 Å². The summed E-state index contributed by atoms with van der Waals surface area (Å²) in [7, 11) is 0. The summed E-state index contributed by atoms with van der Waals surface area (Å²) >= 11 is 11.3. The monoisotopic (exact) mass is 297 g/mol. The van der Waals surface area contributed by atoms with Crippen molar-refractivity contribution in [1.29, 1.82) is 5.26 Å². The van der Waals surface area contributed by atoms with Gasteiger partial charge >= 0.3 is 0 Å². The minimum atomic E-state index is -0.422. The van der Waals surface area contributed by atoms with Crippen molar-refractivity contribution >= 4 is 34.8 Å². The first-order chi connectivity index (χ1) is 9.17. The Morgan fingerprint density at radius 2 is 2.05 bits per heavy atom. The first-order valence-corrected chi connectivity index (χ1v) is 6.55. The van der Waals surface area contributed by atoms with E-state index in [-0.39, 0.29) is 5.57 Å². The SMILES string of the molecule is N#C/C(=C/Nc1ccc(Cl)cc1)C(=O)NCCCCl. The summed E-state index contributed by atoms with van der Waals surface area (Å²) in [5, 5.41) is 15.0. The molecule has 0 atom stereocenters. The van der Waals surface area contributed by atoms with Crippen LogP contribution in [0.5, 0.6) is 0 Å². The van der Waals surface area contributed by atoms with Crippen molar-refractivity contribution in [1.82, 2.24) is 5.32 Å². The van der Waals surface area contributed by atoms with Crippen LogP contribution >= 0.6 is 23.2 Å². The third-order valence-electron chi connectivity index (χ3n) is 2.19. The van der Waals surface area contributed by atoms with Gasteiger partial charge in [-0.3, -0.25) is 4.79 Å². The lowest BCUT2D eigenvalue weighted by Gasteiger charge is -2.04. The molecule has 0 fully saturated rings. The molecule has 0 spiro atoms. The summed E-state index contributed by atoms with van der Waals surface area (Å²) in [5.74, 6) is 0.0450. The zero-order valence-electron chi connectivity index (χ0n) is 10.1. The highest BCUT2D eigenvalue weighted by molar-refractivity contribution is 6.30. The molecule has 0 aliphatic carbocycles. The molecule has 2 N–H and O–H groups in total. The van der Waals surface area contributed by atoms with Gasteiger partial charge in [-0.2, -0.15) is 5.26 Å². The van der Waals surface area contributed by atoms with Gasteiger partial charge in [0.05, 0.1) is 0 Å². The molecular weight excluding hydrogens is 285 g/mol. The van der Waals surface area contributed by atoms with Gasteiger partial charge in [0, 0.05) is 29.3 Å². The molecule has 0 unspecified atom stereocenters. The van der Waals surface area contributed by atoms with Crippen molar-refractivity contribution < 1.29 is 4.79 Å². The van der Waals surface area contributed by atoms with Crippen molar-refractivity contribution in [2.24, 2.45) is 0 Å². The third kappa shape index (κ3) is 5.64. The Morgan fingerprint density at radius 1 is 1.37 bits per heavy atom. The minimum Gasteiger partial charge on any atom is -0.360 e. The van der Waals surface area contributed by atoms with Crippen LogP contribution < -0.4 is 10.6 Å². The molecule has 1 aromatic carbocycles. The van der Waals surface area contributed by atoms with Crippen LogP contribution in [-0.2, 0) is 4.79 Å². The zero-order valence-corrected chi connectivity index (χ0v) is 11.6. The summed E-state index contributed by atoms with van der Waals surface area (Å²) in [5.41, 5.74) is 0.746. The van der Waals surface area contributed by atoms with E-state index in [2.05, 4.69) is 10.6 Å². The maximum Gasteiger partial charge on any atom is 0.263 e. The molecule has 0 heterocycles. The van der Waals surface area contributed by atoms with E-state index in [4.69, 9.17) is 28.5 Å². The predicted molar refractivity (Wildman–Crippen MR) is 77.1 cm³/mol. The van der Waals surface area contributed by atoms with Crippen molar-refractivity contribution in [3.8, 4) is 6.07 Å². The fraction of sp³-hybridized carbons (Fsp3) is 0.231.